The van der Waals surface area contributed by atoms with E-state index in [1.165, 1.54) is 0 Å². The molecule has 0 aliphatic rings. The Morgan fingerprint density at radius 2 is 1.26 bits per heavy atom. The third-order valence-electron chi connectivity index (χ3n) is 5.32. The van der Waals surface area contributed by atoms with E-state index in [1.54, 1.807) is 90.1 Å². The first kappa shape index (κ1) is 30.8. The van der Waals surface area contributed by atoms with Crippen molar-refractivity contribution in [1.82, 2.24) is 16.0 Å². The van der Waals surface area contributed by atoms with Crippen LogP contribution < -0.4 is 16.0 Å². The number of nitrogens with one attached hydrogen (secondary N) is 3. The first-order chi connectivity index (χ1) is 18.2. The van der Waals surface area contributed by atoms with Crippen LogP contribution in [0.15, 0.2) is 48.5 Å². The van der Waals surface area contributed by atoms with Gasteiger partial charge in [-0.15, -0.1) is 0 Å². The van der Waals surface area contributed by atoms with Crippen molar-refractivity contribution in [3.8, 4) is 11.8 Å². The van der Waals surface area contributed by atoms with Gasteiger partial charge in [-0.1, -0.05) is 56.9 Å². The Morgan fingerprint density at radius 1 is 0.795 bits per heavy atom. The summed E-state index contributed by atoms with van der Waals surface area (Å²) in [6.45, 7) is 10.3. The monoisotopic (exact) mass is 533 g/mol. The first-order valence-corrected chi connectivity index (χ1v) is 12.4. The zero-order valence-corrected chi connectivity index (χ0v) is 23.1. The highest BCUT2D eigenvalue weighted by Gasteiger charge is 2.34. The van der Waals surface area contributed by atoms with Crippen molar-refractivity contribution in [3.63, 3.8) is 0 Å². The highest BCUT2D eigenvalue weighted by molar-refractivity contribution is 6.00. The fraction of sp³-hybridized carbons (Fsp3) is 0.367. The number of carbonyl (C=O) groups excluding carboxylic acids is 5. The SMILES string of the molecule is CC(C)(C)OC(=O)N[C@H](C(=O)NCC(=O)c1ccc(C#Cc2ccc(C(=O)CNC=O)cc2)cc1)C(C)(C)C. The van der Waals surface area contributed by atoms with Gasteiger partial charge >= 0.3 is 6.09 Å². The first-order valence-electron chi connectivity index (χ1n) is 12.4. The molecule has 0 radical (unpaired) electrons. The summed E-state index contributed by atoms with van der Waals surface area (Å²) in [4.78, 5) is 59.9. The maximum Gasteiger partial charge on any atom is 0.408 e. The molecule has 9 nitrogen and oxygen atoms in total. The van der Waals surface area contributed by atoms with Gasteiger partial charge in [0.25, 0.3) is 0 Å². The van der Waals surface area contributed by atoms with Gasteiger partial charge in [0.2, 0.25) is 12.3 Å². The second kappa shape index (κ2) is 13.4. The smallest absolute Gasteiger partial charge is 0.408 e. The molecule has 0 unspecified atom stereocenters. The summed E-state index contributed by atoms with van der Waals surface area (Å²) < 4.78 is 5.26. The van der Waals surface area contributed by atoms with Crippen molar-refractivity contribution in [2.75, 3.05) is 13.1 Å². The molecule has 3 N–H and O–H groups in total. The molecule has 2 aromatic rings. The van der Waals surface area contributed by atoms with Gasteiger partial charge in [0.15, 0.2) is 11.6 Å². The van der Waals surface area contributed by atoms with Gasteiger partial charge in [-0.2, -0.15) is 0 Å². The van der Waals surface area contributed by atoms with Crippen molar-refractivity contribution < 1.29 is 28.7 Å². The van der Waals surface area contributed by atoms with Crippen molar-refractivity contribution in [1.29, 1.82) is 0 Å². The minimum Gasteiger partial charge on any atom is -0.444 e. The van der Waals surface area contributed by atoms with Crippen molar-refractivity contribution in [2.45, 2.75) is 53.2 Å². The molecule has 1 atom stereocenters. The van der Waals surface area contributed by atoms with E-state index in [4.69, 9.17) is 4.74 Å². The van der Waals surface area contributed by atoms with Crippen LogP contribution in [-0.2, 0) is 14.3 Å². The predicted molar refractivity (Wildman–Crippen MR) is 147 cm³/mol. The molecule has 39 heavy (non-hydrogen) atoms. The highest BCUT2D eigenvalue weighted by Crippen LogP contribution is 2.20. The van der Waals surface area contributed by atoms with Crippen LogP contribution in [-0.4, -0.2) is 54.7 Å². The Balaban J connectivity index is 1.97. The fourth-order valence-corrected chi connectivity index (χ4v) is 3.33. The summed E-state index contributed by atoms with van der Waals surface area (Å²) in [7, 11) is 0. The van der Waals surface area contributed by atoms with Crippen LogP contribution in [0.4, 0.5) is 4.79 Å². The van der Waals surface area contributed by atoms with Gasteiger partial charge < -0.3 is 20.7 Å². The third-order valence-corrected chi connectivity index (χ3v) is 5.32. The lowest BCUT2D eigenvalue weighted by atomic mass is 9.86. The Hall–Kier alpha value is -4.45. The van der Waals surface area contributed by atoms with Crippen LogP contribution in [0.25, 0.3) is 0 Å². The average Bonchev–Trinajstić information content (AvgIpc) is 2.86. The summed E-state index contributed by atoms with van der Waals surface area (Å²) in [5.41, 5.74) is 0.926. The van der Waals surface area contributed by atoms with Crippen LogP contribution >= 0.6 is 0 Å². The topological polar surface area (TPSA) is 131 Å². The second-order valence-corrected chi connectivity index (χ2v) is 10.9. The van der Waals surface area contributed by atoms with Gasteiger partial charge in [0.1, 0.15) is 11.6 Å². The van der Waals surface area contributed by atoms with Gasteiger partial charge in [-0.3, -0.25) is 19.2 Å². The van der Waals surface area contributed by atoms with Crippen LogP contribution in [0.2, 0.25) is 0 Å². The van der Waals surface area contributed by atoms with Crippen molar-refractivity contribution in [3.05, 3.63) is 70.8 Å². The molecule has 9 heteroatoms. The third kappa shape index (κ3) is 10.4. The van der Waals surface area contributed by atoms with Crippen molar-refractivity contribution in [2.24, 2.45) is 5.41 Å². The number of ether oxygens (including phenoxy) is 1. The standard InChI is InChI=1S/C30H35N3O6/c1-29(2,3)26(33-28(38)39-30(4,5)6)27(37)32-18-25(36)23-15-11-21(12-16-23)8-7-20-9-13-22(14-10-20)24(35)17-31-19-34/h9-16,19,26H,17-18H2,1-6H3,(H,31,34)(H,32,37)(H,33,38)/t26-/m1/s1. The quantitative estimate of drug-likeness (QED) is 0.258. The van der Waals surface area contributed by atoms with E-state index in [-0.39, 0.29) is 24.7 Å². The minimum absolute atomic E-state index is 0.0661. The molecule has 0 saturated heterocycles. The number of benzene rings is 2. The number of carbonyl (C=O) groups is 5. The molecule has 2 aromatic carbocycles. The van der Waals surface area contributed by atoms with E-state index < -0.39 is 29.1 Å². The normalized spacial score (nSPS) is 11.7. The number of rotatable bonds is 9. The number of ketones is 2. The lowest BCUT2D eigenvalue weighted by Gasteiger charge is -2.31. The molecule has 0 aromatic heterocycles. The molecule has 3 amide bonds. The van der Waals surface area contributed by atoms with E-state index in [2.05, 4.69) is 27.8 Å². The largest absolute Gasteiger partial charge is 0.444 e. The molecule has 0 saturated carbocycles. The van der Waals surface area contributed by atoms with Gasteiger partial charge in [-0.25, -0.2) is 4.79 Å². The minimum atomic E-state index is -0.905. The second-order valence-electron chi connectivity index (χ2n) is 10.9. The summed E-state index contributed by atoms with van der Waals surface area (Å²) in [5, 5.41) is 7.54. The van der Waals surface area contributed by atoms with Crippen LogP contribution in [0.1, 0.15) is 73.4 Å². The number of amides is 3. The Kier molecular flexibility index (Phi) is 10.6. The molecule has 0 aliphatic heterocycles. The van der Waals surface area contributed by atoms with E-state index in [1.807, 2.05) is 0 Å². The molecular formula is C30H35N3O6. The van der Waals surface area contributed by atoms with E-state index in [0.29, 0.717) is 28.7 Å². The lowest BCUT2D eigenvalue weighted by molar-refractivity contribution is -0.125. The van der Waals surface area contributed by atoms with Crippen LogP contribution in [0.3, 0.4) is 0 Å². The Bertz CT molecular complexity index is 1260. The summed E-state index contributed by atoms with van der Waals surface area (Å²) in [6.07, 6.45) is -0.237. The van der Waals surface area contributed by atoms with E-state index in [0.717, 1.165) is 0 Å². The summed E-state index contributed by atoms with van der Waals surface area (Å²) in [6, 6.07) is 12.5. The maximum absolute atomic E-state index is 12.8. The molecule has 0 bridgehead atoms. The molecule has 2 rings (SSSR count). The molecule has 0 spiro atoms. The van der Waals surface area contributed by atoms with E-state index in [9.17, 15) is 24.0 Å². The lowest BCUT2D eigenvalue weighted by Crippen LogP contribution is -2.55. The van der Waals surface area contributed by atoms with Crippen LogP contribution in [0, 0.1) is 17.3 Å². The summed E-state index contributed by atoms with van der Waals surface area (Å²) in [5.74, 6) is 5.01. The highest BCUT2D eigenvalue weighted by atomic mass is 16.6. The zero-order valence-electron chi connectivity index (χ0n) is 23.1. The molecule has 0 fully saturated rings. The van der Waals surface area contributed by atoms with E-state index >= 15 is 0 Å². The van der Waals surface area contributed by atoms with Crippen molar-refractivity contribution >= 4 is 30.0 Å². The number of hydrogen-bond acceptors (Lipinski definition) is 6. The average molecular weight is 534 g/mol. The zero-order chi connectivity index (χ0) is 29.2. The summed E-state index contributed by atoms with van der Waals surface area (Å²) >= 11 is 0. The molecule has 0 aliphatic carbocycles. The maximum atomic E-state index is 12.8. The van der Waals surface area contributed by atoms with Crippen LogP contribution in [0.5, 0.6) is 0 Å². The predicted octanol–water partition coefficient (Wildman–Crippen LogP) is 3.25. The molecule has 206 valence electrons. The Morgan fingerprint density at radius 3 is 1.67 bits per heavy atom. The van der Waals surface area contributed by atoms with Gasteiger partial charge in [0.05, 0.1) is 13.1 Å². The Labute approximate surface area is 229 Å². The molecule has 0 heterocycles. The number of Topliss-reactive ketones (excluding diaryl/α,β-unsaturated/α-hetero) is 2. The number of alkyl carbamates (subject to hydrolysis) is 1. The number of hydrogen-bond donors (Lipinski definition) is 3. The fourth-order valence-electron chi connectivity index (χ4n) is 3.33. The molecular weight excluding hydrogens is 498 g/mol. The van der Waals surface area contributed by atoms with Gasteiger partial charge in [0, 0.05) is 22.3 Å². The van der Waals surface area contributed by atoms with Gasteiger partial charge in [-0.05, 0) is 50.5 Å².